The van der Waals surface area contributed by atoms with Crippen LogP contribution in [0.1, 0.15) is 12.5 Å². The van der Waals surface area contributed by atoms with Gasteiger partial charge in [0.15, 0.2) is 0 Å². The van der Waals surface area contributed by atoms with Gasteiger partial charge in [-0.1, -0.05) is 42.0 Å². The van der Waals surface area contributed by atoms with Gasteiger partial charge in [0.05, 0.1) is 4.90 Å². The number of rotatable bonds is 3. The SMILES string of the molecule is Cc1ccc(-c2ccc(S(=O)(=O)N3CC3C)cc2)cc1. The molecule has 0 spiro atoms. The fourth-order valence-electron chi connectivity index (χ4n) is 2.25. The first kappa shape index (κ1) is 13.3. The minimum Gasteiger partial charge on any atom is -0.207 e. The van der Waals surface area contributed by atoms with Gasteiger partial charge in [0, 0.05) is 12.6 Å². The largest absolute Gasteiger partial charge is 0.243 e. The standard InChI is InChI=1S/C16H17NO2S/c1-12-3-5-14(6-4-12)15-7-9-16(10-8-15)20(18,19)17-11-13(17)2/h3-10,13H,11H2,1-2H3. The molecule has 2 unspecified atom stereocenters. The average molecular weight is 287 g/mol. The van der Waals surface area contributed by atoms with Crippen LogP contribution in [-0.4, -0.2) is 25.3 Å². The quantitative estimate of drug-likeness (QED) is 0.814. The molecule has 3 nitrogen and oxygen atoms in total. The summed E-state index contributed by atoms with van der Waals surface area (Å²) in [6, 6.07) is 15.4. The zero-order valence-corrected chi connectivity index (χ0v) is 12.4. The summed E-state index contributed by atoms with van der Waals surface area (Å²) in [5, 5.41) is 0. The second-order valence-corrected chi connectivity index (χ2v) is 7.20. The lowest BCUT2D eigenvalue weighted by Crippen LogP contribution is -2.13. The highest BCUT2D eigenvalue weighted by atomic mass is 32.2. The Morgan fingerprint density at radius 1 is 0.950 bits per heavy atom. The van der Waals surface area contributed by atoms with E-state index in [-0.39, 0.29) is 6.04 Å². The lowest BCUT2D eigenvalue weighted by Gasteiger charge is -2.07. The molecule has 0 bridgehead atoms. The van der Waals surface area contributed by atoms with Crippen molar-refractivity contribution in [1.29, 1.82) is 0 Å². The highest BCUT2D eigenvalue weighted by Gasteiger charge is 2.41. The van der Waals surface area contributed by atoms with Crippen LogP contribution in [0.5, 0.6) is 0 Å². The molecule has 1 aliphatic heterocycles. The molecule has 1 heterocycles. The summed E-state index contributed by atoms with van der Waals surface area (Å²) in [6.07, 6.45) is 0. The lowest BCUT2D eigenvalue weighted by molar-refractivity contribution is 0.555. The zero-order valence-electron chi connectivity index (χ0n) is 11.6. The third-order valence-electron chi connectivity index (χ3n) is 3.65. The highest BCUT2D eigenvalue weighted by Crippen LogP contribution is 2.29. The molecule has 1 saturated heterocycles. The van der Waals surface area contributed by atoms with Gasteiger partial charge in [-0.2, -0.15) is 4.31 Å². The van der Waals surface area contributed by atoms with Crippen LogP contribution >= 0.6 is 0 Å². The Hall–Kier alpha value is -1.65. The summed E-state index contributed by atoms with van der Waals surface area (Å²) in [7, 11) is -3.29. The monoisotopic (exact) mass is 287 g/mol. The first-order valence-electron chi connectivity index (χ1n) is 6.67. The van der Waals surface area contributed by atoms with Gasteiger partial charge in [-0.05, 0) is 37.1 Å². The molecule has 1 aliphatic rings. The maximum Gasteiger partial charge on any atom is 0.243 e. The van der Waals surface area contributed by atoms with Crippen LogP contribution in [0.3, 0.4) is 0 Å². The van der Waals surface area contributed by atoms with Crippen LogP contribution in [0, 0.1) is 6.92 Å². The Labute approximate surface area is 119 Å². The zero-order chi connectivity index (χ0) is 14.3. The Balaban J connectivity index is 1.90. The van der Waals surface area contributed by atoms with Gasteiger partial charge in [0.25, 0.3) is 0 Å². The molecule has 2 atom stereocenters. The van der Waals surface area contributed by atoms with E-state index in [1.54, 1.807) is 12.1 Å². The second-order valence-electron chi connectivity index (χ2n) is 5.31. The molecule has 1 fully saturated rings. The summed E-state index contributed by atoms with van der Waals surface area (Å²) in [4.78, 5) is 0.373. The van der Waals surface area contributed by atoms with E-state index in [4.69, 9.17) is 0 Å². The third-order valence-corrected chi connectivity index (χ3v) is 5.64. The smallest absolute Gasteiger partial charge is 0.207 e. The van der Waals surface area contributed by atoms with E-state index in [9.17, 15) is 8.42 Å². The van der Waals surface area contributed by atoms with Crippen molar-refractivity contribution in [3.05, 3.63) is 54.1 Å². The van der Waals surface area contributed by atoms with E-state index < -0.39 is 10.0 Å². The number of benzene rings is 2. The molecule has 104 valence electrons. The molecular formula is C16H17NO2S. The number of nitrogens with zero attached hydrogens (tertiary/aromatic N) is 1. The van der Waals surface area contributed by atoms with Gasteiger partial charge in [-0.3, -0.25) is 0 Å². The molecule has 0 N–H and O–H groups in total. The number of aryl methyl sites for hydroxylation is 1. The summed E-state index contributed by atoms with van der Waals surface area (Å²) >= 11 is 0. The molecule has 20 heavy (non-hydrogen) atoms. The number of hydrogen-bond acceptors (Lipinski definition) is 2. The van der Waals surface area contributed by atoms with E-state index in [1.807, 2.05) is 38.1 Å². The van der Waals surface area contributed by atoms with Crippen LogP contribution in [0.25, 0.3) is 11.1 Å². The van der Waals surface area contributed by atoms with Crippen LogP contribution in [0.4, 0.5) is 0 Å². The first-order valence-corrected chi connectivity index (χ1v) is 8.11. The van der Waals surface area contributed by atoms with Crippen molar-refractivity contribution in [3.63, 3.8) is 0 Å². The van der Waals surface area contributed by atoms with E-state index in [0.29, 0.717) is 11.4 Å². The predicted octanol–water partition coefficient (Wildman–Crippen LogP) is 3.05. The van der Waals surface area contributed by atoms with Gasteiger partial charge in [-0.25, -0.2) is 8.42 Å². The summed E-state index contributed by atoms with van der Waals surface area (Å²) < 4.78 is 26.0. The molecule has 0 radical (unpaired) electrons. The highest BCUT2D eigenvalue weighted by molar-refractivity contribution is 7.89. The van der Waals surface area contributed by atoms with Gasteiger partial charge >= 0.3 is 0 Å². The molecule has 2 aromatic rings. The van der Waals surface area contributed by atoms with E-state index in [2.05, 4.69) is 12.1 Å². The van der Waals surface area contributed by atoms with Gasteiger partial charge in [0.2, 0.25) is 10.0 Å². The van der Waals surface area contributed by atoms with Gasteiger partial charge < -0.3 is 0 Å². The van der Waals surface area contributed by atoms with Crippen molar-refractivity contribution in [1.82, 2.24) is 4.31 Å². The number of hydrogen-bond donors (Lipinski definition) is 0. The van der Waals surface area contributed by atoms with Gasteiger partial charge in [-0.15, -0.1) is 0 Å². The maximum atomic E-state index is 12.2. The third kappa shape index (κ3) is 2.37. The molecule has 0 aromatic heterocycles. The molecule has 0 saturated carbocycles. The minimum absolute atomic E-state index is 0.136. The Morgan fingerprint density at radius 3 is 1.85 bits per heavy atom. The van der Waals surface area contributed by atoms with Crippen LogP contribution in [0.15, 0.2) is 53.4 Å². The lowest BCUT2D eigenvalue weighted by atomic mass is 10.0. The molecule has 0 aliphatic carbocycles. The second kappa shape index (κ2) is 4.72. The van der Waals surface area contributed by atoms with Crippen molar-refractivity contribution in [2.75, 3.05) is 6.54 Å². The van der Waals surface area contributed by atoms with Crippen molar-refractivity contribution in [3.8, 4) is 11.1 Å². The maximum absolute atomic E-state index is 12.2. The Bertz CT molecular complexity index is 718. The fraction of sp³-hybridized carbons (Fsp3) is 0.250. The molecule has 4 heteroatoms. The van der Waals surface area contributed by atoms with Crippen LogP contribution < -0.4 is 0 Å². The number of sulfonamides is 1. The predicted molar refractivity (Wildman–Crippen MR) is 80.0 cm³/mol. The van der Waals surface area contributed by atoms with E-state index in [0.717, 1.165) is 11.1 Å². The molecular weight excluding hydrogens is 270 g/mol. The summed E-state index contributed by atoms with van der Waals surface area (Å²) in [6.45, 7) is 4.59. The average Bonchev–Trinajstić information content (AvgIpc) is 3.18. The summed E-state index contributed by atoms with van der Waals surface area (Å²) in [5.41, 5.74) is 3.34. The molecule has 2 aromatic carbocycles. The Kier molecular flexibility index (Phi) is 3.15. The van der Waals surface area contributed by atoms with E-state index in [1.165, 1.54) is 9.87 Å². The fourth-order valence-corrected chi connectivity index (χ4v) is 3.89. The minimum atomic E-state index is -3.29. The van der Waals surface area contributed by atoms with Crippen molar-refractivity contribution in [2.45, 2.75) is 24.8 Å². The van der Waals surface area contributed by atoms with Crippen molar-refractivity contribution in [2.24, 2.45) is 0 Å². The Morgan fingerprint density at radius 2 is 1.40 bits per heavy atom. The molecule has 3 rings (SSSR count). The van der Waals surface area contributed by atoms with Crippen LogP contribution in [-0.2, 0) is 10.0 Å². The van der Waals surface area contributed by atoms with Crippen molar-refractivity contribution < 1.29 is 8.42 Å². The van der Waals surface area contributed by atoms with E-state index >= 15 is 0 Å². The topological polar surface area (TPSA) is 37.1 Å². The first-order chi connectivity index (χ1) is 9.48. The van der Waals surface area contributed by atoms with Gasteiger partial charge in [0.1, 0.15) is 0 Å². The normalized spacial score (nSPS) is 21.7. The van der Waals surface area contributed by atoms with Crippen molar-refractivity contribution >= 4 is 10.0 Å². The summed E-state index contributed by atoms with van der Waals surface area (Å²) in [5.74, 6) is 0. The molecule has 0 amide bonds. The van der Waals surface area contributed by atoms with Crippen LogP contribution in [0.2, 0.25) is 0 Å².